The molecule has 1 fully saturated rings. The average Bonchev–Trinajstić information content (AvgIpc) is 3.01. The maximum Gasteiger partial charge on any atom is 0.270 e. The van der Waals surface area contributed by atoms with Gasteiger partial charge in [-0.15, -0.1) is 0 Å². The Hall–Kier alpha value is -2.73. The molecule has 1 aromatic carbocycles. The number of anilines is 1. The number of carbonyl (C=O) groups excluding carboxylic acids is 2. The van der Waals surface area contributed by atoms with Crippen molar-refractivity contribution in [3.05, 3.63) is 58.9 Å². The van der Waals surface area contributed by atoms with Gasteiger partial charge in [0.1, 0.15) is 5.57 Å². The van der Waals surface area contributed by atoms with Crippen LogP contribution in [-0.2, 0) is 16.1 Å². The highest BCUT2D eigenvalue weighted by atomic mass is 32.1. The van der Waals surface area contributed by atoms with E-state index >= 15 is 0 Å². The van der Waals surface area contributed by atoms with Crippen molar-refractivity contribution >= 4 is 40.9 Å². The molecule has 2 heterocycles. The SMILES string of the molecule is CCn1cccc1/C=C1\C(=O)NC(=S)N(c2cc(C)ccc2C)C1=O. The van der Waals surface area contributed by atoms with Gasteiger partial charge in [-0.3, -0.25) is 19.8 Å². The van der Waals surface area contributed by atoms with Crippen LogP contribution in [0.4, 0.5) is 5.69 Å². The van der Waals surface area contributed by atoms with Gasteiger partial charge in [0.2, 0.25) is 0 Å². The molecule has 0 aliphatic carbocycles. The first kappa shape index (κ1) is 17.1. The highest BCUT2D eigenvalue weighted by Gasteiger charge is 2.35. The predicted octanol–water partition coefficient (Wildman–Crippen LogP) is 2.96. The second kappa shape index (κ2) is 6.64. The summed E-state index contributed by atoms with van der Waals surface area (Å²) in [5.74, 6) is -0.883. The van der Waals surface area contributed by atoms with Crippen LogP contribution in [-0.4, -0.2) is 21.5 Å². The molecule has 1 aromatic heterocycles. The normalized spacial score (nSPS) is 16.5. The smallest absolute Gasteiger partial charge is 0.270 e. The lowest BCUT2D eigenvalue weighted by atomic mass is 10.1. The van der Waals surface area contributed by atoms with Crippen LogP contribution in [0.2, 0.25) is 0 Å². The van der Waals surface area contributed by atoms with Crippen molar-refractivity contribution in [2.45, 2.75) is 27.3 Å². The lowest BCUT2D eigenvalue weighted by Gasteiger charge is -2.30. The molecular weight excluding hydrogens is 334 g/mol. The summed E-state index contributed by atoms with van der Waals surface area (Å²) in [5, 5.41) is 2.73. The summed E-state index contributed by atoms with van der Waals surface area (Å²) < 4.78 is 1.96. The second-order valence-electron chi connectivity index (χ2n) is 5.97. The minimum absolute atomic E-state index is 0.0721. The van der Waals surface area contributed by atoms with Gasteiger partial charge in [-0.25, -0.2) is 0 Å². The summed E-state index contributed by atoms with van der Waals surface area (Å²) >= 11 is 5.26. The van der Waals surface area contributed by atoms with Gasteiger partial charge < -0.3 is 4.57 Å². The molecule has 2 amide bonds. The number of nitrogens with one attached hydrogen (secondary N) is 1. The molecule has 2 aromatic rings. The topological polar surface area (TPSA) is 54.3 Å². The van der Waals surface area contributed by atoms with Gasteiger partial charge in [-0.1, -0.05) is 12.1 Å². The van der Waals surface area contributed by atoms with Gasteiger partial charge >= 0.3 is 0 Å². The van der Waals surface area contributed by atoms with Gasteiger partial charge in [0.05, 0.1) is 5.69 Å². The Morgan fingerprint density at radius 3 is 2.68 bits per heavy atom. The summed E-state index contributed by atoms with van der Waals surface area (Å²) in [5.41, 5.74) is 3.48. The van der Waals surface area contributed by atoms with Crippen molar-refractivity contribution in [1.82, 2.24) is 9.88 Å². The summed E-state index contributed by atoms with van der Waals surface area (Å²) in [6.45, 7) is 6.61. The maximum atomic E-state index is 13.0. The number of hydrogen-bond donors (Lipinski definition) is 1. The first-order valence-electron chi connectivity index (χ1n) is 8.06. The Morgan fingerprint density at radius 1 is 1.20 bits per heavy atom. The van der Waals surface area contributed by atoms with E-state index in [1.165, 1.54) is 4.90 Å². The van der Waals surface area contributed by atoms with E-state index in [2.05, 4.69) is 5.32 Å². The summed E-state index contributed by atoms with van der Waals surface area (Å²) in [6.07, 6.45) is 3.52. The third-order valence-electron chi connectivity index (χ3n) is 4.20. The van der Waals surface area contributed by atoms with Crippen LogP contribution in [0.3, 0.4) is 0 Å². The van der Waals surface area contributed by atoms with Crippen molar-refractivity contribution in [2.24, 2.45) is 0 Å². The molecule has 1 N–H and O–H groups in total. The third-order valence-corrected chi connectivity index (χ3v) is 4.49. The molecular formula is C19H19N3O2S. The maximum absolute atomic E-state index is 13.0. The van der Waals surface area contributed by atoms with Gasteiger partial charge in [-0.2, -0.15) is 0 Å². The lowest BCUT2D eigenvalue weighted by molar-refractivity contribution is -0.122. The monoisotopic (exact) mass is 353 g/mol. The molecule has 0 atom stereocenters. The highest BCUT2D eigenvalue weighted by molar-refractivity contribution is 7.80. The minimum atomic E-state index is -0.472. The van der Waals surface area contributed by atoms with Crippen molar-refractivity contribution in [3.63, 3.8) is 0 Å². The van der Waals surface area contributed by atoms with E-state index in [0.29, 0.717) is 5.69 Å². The lowest BCUT2D eigenvalue weighted by Crippen LogP contribution is -2.54. The van der Waals surface area contributed by atoms with Crippen LogP contribution in [0.15, 0.2) is 42.1 Å². The number of thiocarbonyl (C=S) groups is 1. The third kappa shape index (κ3) is 3.13. The van der Waals surface area contributed by atoms with Crippen molar-refractivity contribution in [2.75, 3.05) is 4.90 Å². The number of aromatic nitrogens is 1. The van der Waals surface area contributed by atoms with Crippen LogP contribution in [0.1, 0.15) is 23.7 Å². The zero-order valence-electron chi connectivity index (χ0n) is 14.4. The molecule has 0 bridgehead atoms. The fraction of sp³-hybridized carbons (Fsp3) is 0.211. The second-order valence-corrected chi connectivity index (χ2v) is 6.35. The number of carbonyl (C=O) groups is 2. The molecule has 3 rings (SSSR count). The van der Waals surface area contributed by atoms with Crippen LogP contribution < -0.4 is 10.2 Å². The number of hydrogen-bond acceptors (Lipinski definition) is 3. The average molecular weight is 353 g/mol. The largest absolute Gasteiger partial charge is 0.348 e. The number of amides is 2. The van der Waals surface area contributed by atoms with Crippen LogP contribution >= 0.6 is 12.2 Å². The van der Waals surface area contributed by atoms with Crippen molar-refractivity contribution in [1.29, 1.82) is 0 Å². The van der Waals surface area contributed by atoms with E-state index < -0.39 is 11.8 Å². The Kier molecular flexibility index (Phi) is 4.55. The Balaban J connectivity index is 2.07. The molecule has 5 nitrogen and oxygen atoms in total. The van der Waals surface area contributed by atoms with E-state index in [1.54, 1.807) is 6.08 Å². The fourth-order valence-electron chi connectivity index (χ4n) is 2.83. The molecule has 25 heavy (non-hydrogen) atoms. The summed E-state index contributed by atoms with van der Waals surface area (Å²) in [4.78, 5) is 26.8. The number of benzene rings is 1. The minimum Gasteiger partial charge on any atom is -0.348 e. The quantitative estimate of drug-likeness (QED) is 0.524. The zero-order chi connectivity index (χ0) is 18.1. The Labute approximate surface area is 151 Å². The molecule has 0 unspecified atom stereocenters. The number of rotatable bonds is 3. The first-order valence-corrected chi connectivity index (χ1v) is 8.47. The van der Waals surface area contributed by atoms with E-state index in [0.717, 1.165) is 23.4 Å². The summed E-state index contributed by atoms with van der Waals surface area (Å²) in [6, 6.07) is 9.55. The van der Waals surface area contributed by atoms with Crippen LogP contribution in [0, 0.1) is 13.8 Å². The molecule has 0 radical (unpaired) electrons. The van der Waals surface area contributed by atoms with Gasteiger partial charge in [-0.05, 0) is 68.4 Å². The van der Waals surface area contributed by atoms with Crippen LogP contribution in [0.25, 0.3) is 6.08 Å². The molecule has 128 valence electrons. The Bertz CT molecular complexity index is 911. The van der Waals surface area contributed by atoms with E-state index in [9.17, 15) is 9.59 Å². The highest BCUT2D eigenvalue weighted by Crippen LogP contribution is 2.26. The molecule has 1 aliphatic heterocycles. The van der Waals surface area contributed by atoms with Crippen LogP contribution in [0.5, 0.6) is 0 Å². The van der Waals surface area contributed by atoms with Gasteiger partial charge in [0, 0.05) is 18.4 Å². The van der Waals surface area contributed by atoms with Crippen molar-refractivity contribution < 1.29 is 9.59 Å². The fourth-order valence-corrected chi connectivity index (χ4v) is 3.10. The molecule has 0 spiro atoms. The molecule has 6 heteroatoms. The number of nitrogens with zero attached hydrogens (tertiary/aromatic N) is 2. The van der Waals surface area contributed by atoms with E-state index in [4.69, 9.17) is 12.2 Å². The van der Waals surface area contributed by atoms with E-state index in [-0.39, 0.29) is 10.7 Å². The Morgan fingerprint density at radius 2 is 1.96 bits per heavy atom. The first-order chi connectivity index (χ1) is 11.9. The zero-order valence-corrected chi connectivity index (χ0v) is 15.2. The molecule has 1 saturated heterocycles. The number of aryl methyl sites for hydroxylation is 3. The molecule has 1 aliphatic rings. The standard InChI is InChI=1S/C19H19N3O2S/c1-4-21-9-5-6-14(21)11-15-17(23)20-19(25)22(18(15)24)16-10-12(2)7-8-13(16)3/h5-11H,4H2,1-3H3,(H,20,23,25)/b15-11+. The molecule has 0 saturated carbocycles. The van der Waals surface area contributed by atoms with E-state index in [1.807, 2.05) is 61.9 Å². The van der Waals surface area contributed by atoms with Gasteiger partial charge in [0.25, 0.3) is 11.8 Å². The van der Waals surface area contributed by atoms with Gasteiger partial charge in [0.15, 0.2) is 5.11 Å². The predicted molar refractivity (Wildman–Crippen MR) is 102 cm³/mol. The van der Waals surface area contributed by atoms with Crippen molar-refractivity contribution in [3.8, 4) is 0 Å². The summed E-state index contributed by atoms with van der Waals surface area (Å²) in [7, 11) is 0.